The Bertz CT molecular complexity index is 1500. The Morgan fingerprint density at radius 1 is 0.938 bits per heavy atom. The van der Waals surface area contributed by atoms with Crippen molar-refractivity contribution in [1.82, 2.24) is 4.90 Å². The normalized spacial score (nSPS) is 26.9. The largest absolute Gasteiger partial charge is 0.394 e. The van der Waals surface area contributed by atoms with Gasteiger partial charge < -0.3 is 24.7 Å². The van der Waals surface area contributed by atoms with Gasteiger partial charge in [-0.05, 0) is 75.9 Å². The highest BCUT2D eigenvalue weighted by atomic mass is 32.2. The van der Waals surface area contributed by atoms with Crippen LogP contribution in [0.2, 0.25) is 0 Å². The molecule has 3 aliphatic heterocycles. The second-order valence-electron chi connectivity index (χ2n) is 13.6. The van der Waals surface area contributed by atoms with Gasteiger partial charge in [-0.2, -0.15) is 0 Å². The van der Waals surface area contributed by atoms with Crippen LogP contribution in [-0.2, 0) is 14.4 Å². The number of carbonyl (C=O) groups is 3. The van der Waals surface area contributed by atoms with Gasteiger partial charge in [0, 0.05) is 48.0 Å². The summed E-state index contributed by atoms with van der Waals surface area (Å²) in [6.45, 7) is 20.3. The summed E-state index contributed by atoms with van der Waals surface area (Å²) in [6.07, 6.45) is 5.49. The SMILES string of the molecule is C=CCN(C(=O)C1N([C@@H](CO)[C@@H](C)CC)C(=O)[C@@H]2[C@H](C(=O)N(CC=C)c3ccccc3)[C@]3(C)CCC12S3)c1ccc(N(CC)CC)cc1. The summed E-state index contributed by atoms with van der Waals surface area (Å²) in [4.78, 5) is 52.3. The van der Waals surface area contributed by atoms with E-state index in [4.69, 9.17) is 0 Å². The predicted molar refractivity (Wildman–Crippen MR) is 197 cm³/mol. The van der Waals surface area contributed by atoms with E-state index in [1.165, 1.54) is 0 Å². The summed E-state index contributed by atoms with van der Waals surface area (Å²) < 4.78 is -1.35. The van der Waals surface area contributed by atoms with E-state index in [9.17, 15) is 14.7 Å². The topological polar surface area (TPSA) is 84.4 Å². The molecule has 2 unspecified atom stereocenters. The first-order chi connectivity index (χ1) is 23.1. The van der Waals surface area contributed by atoms with Gasteiger partial charge >= 0.3 is 0 Å². The Balaban J connectivity index is 1.62. The van der Waals surface area contributed by atoms with Crippen molar-refractivity contribution in [1.29, 1.82) is 0 Å². The number of likely N-dealkylation sites (tertiary alicyclic amines) is 1. The Labute approximate surface area is 290 Å². The van der Waals surface area contributed by atoms with Crippen molar-refractivity contribution in [2.45, 2.75) is 75.5 Å². The molecule has 7 atom stereocenters. The number of carbonyl (C=O) groups excluding carboxylic acids is 3. The third-order valence-electron chi connectivity index (χ3n) is 11.1. The van der Waals surface area contributed by atoms with Gasteiger partial charge in [0.05, 0.1) is 29.2 Å². The molecule has 0 radical (unpaired) electrons. The van der Waals surface area contributed by atoms with Crippen molar-refractivity contribution in [2.24, 2.45) is 17.8 Å². The molecule has 3 aliphatic rings. The van der Waals surface area contributed by atoms with E-state index in [2.05, 4.69) is 38.8 Å². The minimum Gasteiger partial charge on any atom is -0.394 e. The molecular weight excluding hydrogens is 621 g/mol. The molecular formula is C39H52N4O4S. The van der Waals surface area contributed by atoms with E-state index in [0.717, 1.165) is 36.6 Å². The summed E-state index contributed by atoms with van der Waals surface area (Å²) in [5.41, 5.74) is 2.55. The zero-order chi connectivity index (χ0) is 34.8. The van der Waals surface area contributed by atoms with Crippen LogP contribution in [0.5, 0.6) is 0 Å². The molecule has 2 bridgehead atoms. The van der Waals surface area contributed by atoms with Crippen molar-refractivity contribution in [3.63, 3.8) is 0 Å². The molecule has 0 saturated carbocycles. The molecule has 8 nitrogen and oxygen atoms in total. The molecule has 2 aromatic rings. The molecule has 9 heteroatoms. The van der Waals surface area contributed by atoms with E-state index >= 15 is 4.79 Å². The van der Waals surface area contributed by atoms with E-state index in [1.807, 2.05) is 68.4 Å². The maximum Gasteiger partial charge on any atom is 0.251 e. The molecule has 3 heterocycles. The van der Waals surface area contributed by atoms with E-state index in [0.29, 0.717) is 19.4 Å². The lowest BCUT2D eigenvalue weighted by Crippen LogP contribution is -2.58. The van der Waals surface area contributed by atoms with Crippen LogP contribution in [-0.4, -0.2) is 82.1 Å². The van der Waals surface area contributed by atoms with Gasteiger partial charge in [-0.3, -0.25) is 14.4 Å². The van der Waals surface area contributed by atoms with Crippen LogP contribution < -0.4 is 14.7 Å². The summed E-state index contributed by atoms with van der Waals surface area (Å²) in [6, 6.07) is 16.1. The molecule has 3 saturated heterocycles. The minimum atomic E-state index is -0.849. The number of rotatable bonds is 15. The zero-order valence-electron chi connectivity index (χ0n) is 29.2. The molecule has 1 spiro atoms. The molecule has 0 aromatic heterocycles. The number of para-hydroxylation sites is 1. The number of thioether (sulfide) groups is 1. The van der Waals surface area contributed by atoms with Gasteiger partial charge in [-0.25, -0.2) is 0 Å². The van der Waals surface area contributed by atoms with Crippen LogP contribution in [0, 0.1) is 17.8 Å². The highest BCUT2D eigenvalue weighted by Gasteiger charge is 2.78. The van der Waals surface area contributed by atoms with Crippen LogP contribution in [0.15, 0.2) is 79.9 Å². The third-order valence-corrected chi connectivity index (χ3v) is 13.1. The summed E-state index contributed by atoms with van der Waals surface area (Å²) in [5.74, 6) is -1.92. The second-order valence-corrected chi connectivity index (χ2v) is 15.5. The van der Waals surface area contributed by atoms with Crippen LogP contribution in [0.1, 0.15) is 53.9 Å². The lowest BCUT2D eigenvalue weighted by atomic mass is 9.66. The van der Waals surface area contributed by atoms with Gasteiger partial charge in [0.15, 0.2) is 0 Å². The number of hydrogen-bond acceptors (Lipinski definition) is 6. The smallest absolute Gasteiger partial charge is 0.251 e. The van der Waals surface area contributed by atoms with Crippen molar-refractivity contribution < 1.29 is 19.5 Å². The molecule has 258 valence electrons. The van der Waals surface area contributed by atoms with Crippen LogP contribution in [0.25, 0.3) is 0 Å². The van der Waals surface area contributed by atoms with Gasteiger partial charge in [0.25, 0.3) is 5.91 Å². The Morgan fingerprint density at radius 2 is 1.50 bits per heavy atom. The maximum atomic E-state index is 15.2. The zero-order valence-corrected chi connectivity index (χ0v) is 30.0. The second kappa shape index (κ2) is 14.5. The van der Waals surface area contributed by atoms with Crippen molar-refractivity contribution in [2.75, 3.05) is 47.5 Å². The molecule has 48 heavy (non-hydrogen) atoms. The van der Waals surface area contributed by atoms with Crippen molar-refractivity contribution in [3.05, 3.63) is 79.9 Å². The fourth-order valence-electron chi connectivity index (χ4n) is 8.45. The quantitative estimate of drug-likeness (QED) is 0.228. The number of fused-ring (bicyclic) bond motifs is 1. The number of aliphatic hydroxyl groups is 1. The minimum absolute atomic E-state index is 0.0563. The van der Waals surface area contributed by atoms with Gasteiger partial charge in [0.2, 0.25) is 11.8 Å². The standard InChI is InChI=1S/C39H52N4O4S/c1-8-24-41(29-16-14-13-15-17-29)35(45)32-33-36(46)43(31(26-44)27(6)10-3)34(39(33)23-22-38(32,7)48-39)37(47)42(25-9-2)30-20-18-28(19-21-30)40(11-4)12-5/h8-9,13-21,27,31-34,44H,1-2,10-12,22-26H2,3-7H3/t27-,31-,32+,33-,34?,38-,39?/m0/s1. The molecule has 1 N–H and O–H groups in total. The average Bonchev–Trinajstić information content (AvgIpc) is 3.67. The number of aliphatic hydroxyl groups excluding tert-OH is 1. The first-order valence-electron chi connectivity index (χ1n) is 17.4. The lowest BCUT2D eigenvalue weighted by Gasteiger charge is -2.41. The lowest BCUT2D eigenvalue weighted by molar-refractivity contribution is -0.143. The highest BCUT2D eigenvalue weighted by molar-refractivity contribution is 8.02. The summed E-state index contributed by atoms with van der Waals surface area (Å²) in [7, 11) is 0. The highest BCUT2D eigenvalue weighted by Crippen LogP contribution is 2.72. The first kappa shape index (κ1) is 35.7. The summed E-state index contributed by atoms with van der Waals surface area (Å²) >= 11 is 1.66. The fourth-order valence-corrected chi connectivity index (χ4v) is 10.8. The monoisotopic (exact) mass is 672 g/mol. The van der Waals surface area contributed by atoms with Gasteiger partial charge in [-0.15, -0.1) is 24.9 Å². The number of benzene rings is 2. The predicted octanol–water partition coefficient (Wildman–Crippen LogP) is 6.16. The van der Waals surface area contributed by atoms with Crippen molar-refractivity contribution in [3.8, 4) is 0 Å². The fraction of sp³-hybridized carbons (Fsp3) is 0.513. The molecule has 2 aromatic carbocycles. The number of amides is 3. The third kappa shape index (κ3) is 5.87. The van der Waals surface area contributed by atoms with Crippen LogP contribution in [0.4, 0.5) is 17.1 Å². The van der Waals surface area contributed by atoms with E-state index in [-0.39, 0.29) is 36.8 Å². The van der Waals surface area contributed by atoms with Crippen LogP contribution >= 0.6 is 11.8 Å². The Kier molecular flexibility index (Phi) is 10.8. The van der Waals surface area contributed by atoms with Crippen LogP contribution in [0.3, 0.4) is 0 Å². The van der Waals surface area contributed by atoms with E-state index in [1.54, 1.807) is 38.6 Å². The molecule has 3 amide bonds. The Hall–Kier alpha value is -3.56. The van der Waals surface area contributed by atoms with E-state index < -0.39 is 33.4 Å². The first-order valence-corrected chi connectivity index (χ1v) is 18.3. The average molecular weight is 673 g/mol. The summed E-state index contributed by atoms with van der Waals surface area (Å²) in [5, 5.41) is 10.8. The number of anilines is 3. The van der Waals surface area contributed by atoms with Gasteiger partial charge in [0.1, 0.15) is 6.04 Å². The molecule has 0 aliphatic carbocycles. The maximum absolute atomic E-state index is 15.2. The van der Waals surface area contributed by atoms with Gasteiger partial charge in [-0.1, -0.05) is 50.6 Å². The number of nitrogens with zero attached hydrogens (tertiary/aromatic N) is 4. The van der Waals surface area contributed by atoms with Crippen molar-refractivity contribution >= 4 is 46.5 Å². The number of hydrogen-bond donors (Lipinski definition) is 1. The molecule has 3 fully saturated rings. The Morgan fingerprint density at radius 3 is 2.04 bits per heavy atom. The molecule has 5 rings (SSSR count).